The Morgan fingerprint density at radius 1 is 1.16 bits per heavy atom. The van der Waals surface area contributed by atoms with Crippen molar-refractivity contribution in [2.45, 2.75) is 11.1 Å². The Labute approximate surface area is 108 Å². The molecule has 0 amide bonds. The first kappa shape index (κ1) is 16.0. The van der Waals surface area contributed by atoms with E-state index in [9.17, 15) is 21.6 Å². The first-order valence-electron chi connectivity index (χ1n) is 4.97. The van der Waals surface area contributed by atoms with E-state index in [4.69, 9.17) is 10.0 Å². The lowest BCUT2D eigenvalue weighted by Crippen LogP contribution is -2.33. The average Bonchev–Trinajstić information content (AvgIpc) is 2.26. The molecule has 0 saturated heterocycles. The maximum Gasteiger partial charge on any atom is 0.488 e. The fraction of sp³-hybridized carbons (Fsp3) is 0.333. The second-order valence-electron chi connectivity index (χ2n) is 3.95. The summed E-state index contributed by atoms with van der Waals surface area (Å²) in [6, 6.07) is 1.72. The van der Waals surface area contributed by atoms with Crippen molar-refractivity contribution in [2.75, 3.05) is 14.1 Å². The highest BCUT2D eigenvalue weighted by Gasteiger charge is 2.34. The summed E-state index contributed by atoms with van der Waals surface area (Å²) < 4.78 is 62.2. The van der Waals surface area contributed by atoms with Gasteiger partial charge in [0.2, 0.25) is 10.0 Å². The predicted molar refractivity (Wildman–Crippen MR) is 62.1 cm³/mol. The van der Waals surface area contributed by atoms with Crippen LogP contribution in [0.15, 0.2) is 23.1 Å². The summed E-state index contributed by atoms with van der Waals surface area (Å²) in [6.07, 6.45) is -4.79. The van der Waals surface area contributed by atoms with Crippen LogP contribution in [0.3, 0.4) is 0 Å². The summed E-state index contributed by atoms with van der Waals surface area (Å²) in [5, 5.41) is 17.8. The number of alkyl halides is 3. The Morgan fingerprint density at radius 2 is 1.68 bits per heavy atom. The molecule has 0 aliphatic carbocycles. The van der Waals surface area contributed by atoms with Crippen LogP contribution in [0.4, 0.5) is 13.2 Å². The summed E-state index contributed by atoms with van der Waals surface area (Å²) in [6.45, 7) is 0. The lowest BCUT2D eigenvalue weighted by atomic mass is 9.79. The van der Waals surface area contributed by atoms with Gasteiger partial charge >= 0.3 is 13.3 Å². The van der Waals surface area contributed by atoms with Gasteiger partial charge in [0.25, 0.3) is 0 Å². The number of benzene rings is 1. The van der Waals surface area contributed by atoms with E-state index in [0.717, 1.165) is 24.5 Å². The normalized spacial score (nSPS) is 12.8. The van der Waals surface area contributed by atoms with Crippen molar-refractivity contribution in [2.24, 2.45) is 0 Å². The monoisotopic (exact) mass is 297 g/mol. The summed E-state index contributed by atoms with van der Waals surface area (Å²) >= 11 is 0. The van der Waals surface area contributed by atoms with Crippen molar-refractivity contribution in [1.29, 1.82) is 0 Å². The zero-order chi connectivity index (χ0) is 15.0. The Bertz CT molecular complexity index is 571. The van der Waals surface area contributed by atoms with Crippen molar-refractivity contribution in [3.63, 3.8) is 0 Å². The Kier molecular flexibility index (Phi) is 4.30. The molecule has 1 rings (SSSR count). The van der Waals surface area contributed by atoms with Gasteiger partial charge in [0.15, 0.2) is 0 Å². The van der Waals surface area contributed by atoms with Crippen LogP contribution in [0.2, 0.25) is 0 Å². The molecule has 0 aromatic heterocycles. The SMILES string of the molecule is CN(C)S(=O)(=O)c1cc(B(O)O)cc(C(F)(F)F)c1. The topological polar surface area (TPSA) is 77.8 Å². The number of hydrogen-bond donors (Lipinski definition) is 2. The predicted octanol–water partition coefficient (Wildman–Crippen LogP) is -0.364. The molecule has 0 aliphatic rings. The van der Waals surface area contributed by atoms with Crippen LogP contribution < -0.4 is 5.46 Å². The van der Waals surface area contributed by atoms with Crippen LogP contribution in [0.1, 0.15) is 5.56 Å². The van der Waals surface area contributed by atoms with Crippen LogP contribution in [0, 0.1) is 0 Å². The first-order valence-corrected chi connectivity index (χ1v) is 6.41. The third-order valence-electron chi connectivity index (χ3n) is 2.33. The standard InChI is InChI=1S/C9H11BF3NO4S/c1-14(2)19(17,18)8-4-6(9(11,12)13)3-7(5-8)10(15)16/h3-5,15-16H,1-2H3. The molecule has 0 heterocycles. The number of nitrogens with zero attached hydrogens (tertiary/aromatic N) is 1. The highest BCUT2D eigenvalue weighted by Crippen LogP contribution is 2.30. The van der Waals surface area contributed by atoms with E-state index in [2.05, 4.69) is 0 Å². The van der Waals surface area contributed by atoms with Crippen molar-refractivity contribution >= 4 is 22.6 Å². The van der Waals surface area contributed by atoms with E-state index >= 15 is 0 Å². The lowest BCUT2D eigenvalue weighted by molar-refractivity contribution is -0.137. The molecule has 5 nitrogen and oxygen atoms in total. The molecule has 0 aliphatic heterocycles. The molecular weight excluding hydrogens is 286 g/mol. The van der Waals surface area contributed by atoms with Gasteiger partial charge in [-0.1, -0.05) is 6.07 Å². The van der Waals surface area contributed by atoms with Crippen molar-refractivity contribution in [3.05, 3.63) is 23.8 Å². The molecule has 0 radical (unpaired) electrons. The van der Waals surface area contributed by atoms with Crippen LogP contribution in [0.25, 0.3) is 0 Å². The van der Waals surface area contributed by atoms with Crippen molar-refractivity contribution in [1.82, 2.24) is 4.31 Å². The molecule has 0 bridgehead atoms. The first-order chi connectivity index (χ1) is 8.46. The van der Waals surface area contributed by atoms with Crippen molar-refractivity contribution in [3.8, 4) is 0 Å². The zero-order valence-electron chi connectivity index (χ0n) is 10.0. The van der Waals surface area contributed by atoms with Crippen LogP contribution in [-0.4, -0.2) is 44.0 Å². The van der Waals surface area contributed by atoms with Crippen LogP contribution >= 0.6 is 0 Å². The largest absolute Gasteiger partial charge is 0.488 e. The zero-order valence-corrected chi connectivity index (χ0v) is 10.8. The molecule has 1 aromatic carbocycles. The highest BCUT2D eigenvalue weighted by atomic mass is 32.2. The Balaban J connectivity index is 3.55. The molecule has 10 heteroatoms. The average molecular weight is 297 g/mol. The molecule has 106 valence electrons. The van der Waals surface area contributed by atoms with E-state index in [0.29, 0.717) is 12.1 Å². The van der Waals surface area contributed by atoms with Gasteiger partial charge in [-0.25, -0.2) is 12.7 Å². The summed E-state index contributed by atoms with van der Waals surface area (Å²) in [5.74, 6) is 0. The second kappa shape index (κ2) is 5.12. The Hall–Kier alpha value is -1.10. The molecule has 2 N–H and O–H groups in total. The van der Waals surface area contributed by atoms with Gasteiger partial charge in [-0.05, 0) is 17.6 Å². The van der Waals surface area contributed by atoms with E-state index in [1.165, 1.54) is 0 Å². The van der Waals surface area contributed by atoms with E-state index < -0.39 is 39.2 Å². The molecule has 1 aromatic rings. The minimum absolute atomic E-state index is 0.446. The fourth-order valence-electron chi connectivity index (χ4n) is 1.29. The third-order valence-corrected chi connectivity index (χ3v) is 4.13. The number of sulfonamides is 1. The van der Waals surface area contributed by atoms with Gasteiger partial charge < -0.3 is 10.0 Å². The Morgan fingerprint density at radius 3 is 2.05 bits per heavy atom. The maximum atomic E-state index is 12.6. The van der Waals surface area contributed by atoms with Gasteiger partial charge in [0.1, 0.15) is 0 Å². The second-order valence-corrected chi connectivity index (χ2v) is 6.10. The van der Waals surface area contributed by atoms with Crippen LogP contribution in [0.5, 0.6) is 0 Å². The number of rotatable bonds is 3. The minimum Gasteiger partial charge on any atom is -0.423 e. The number of halogens is 3. The summed E-state index contributed by atoms with van der Waals surface area (Å²) in [4.78, 5) is -0.657. The van der Waals surface area contributed by atoms with E-state index in [1.54, 1.807) is 0 Å². The molecule has 0 fully saturated rings. The fourth-order valence-corrected chi connectivity index (χ4v) is 2.28. The molecule has 0 unspecified atom stereocenters. The van der Waals surface area contributed by atoms with Gasteiger partial charge in [-0.2, -0.15) is 13.2 Å². The number of hydrogen-bond acceptors (Lipinski definition) is 4. The maximum absolute atomic E-state index is 12.6. The molecule has 0 spiro atoms. The van der Waals surface area contributed by atoms with Crippen LogP contribution in [-0.2, 0) is 16.2 Å². The quantitative estimate of drug-likeness (QED) is 0.747. The highest BCUT2D eigenvalue weighted by molar-refractivity contribution is 7.89. The lowest BCUT2D eigenvalue weighted by Gasteiger charge is -2.15. The molecule has 19 heavy (non-hydrogen) atoms. The van der Waals surface area contributed by atoms with Gasteiger partial charge in [-0.3, -0.25) is 0 Å². The van der Waals surface area contributed by atoms with Gasteiger partial charge in [-0.15, -0.1) is 0 Å². The van der Waals surface area contributed by atoms with Gasteiger partial charge in [0, 0.05) is 14.1 Å². The third kappa shape index (κ3) is 3.47. The van der Waals surface area contributed by atoms with E-state index in [1.807, 2.05) is 0 Å². The van der Waals surface area contributed by atoms with Gasteiger partial charge in [0.05, 0.1) is 10.5 Å². The smallest absolute Gasteiger partial charge is 0.423 e. The molecule has 0 saturated carbocycles. The molecular formula is C9H11BF3NO4S. The van der Waals surface area contributed by atoms with E-state index in [-0.39, 0.29) is 0 Å². The van der Waals surface area contributed by atoms with Crippen molar-refractivity contribution < 1.29 is 31.6 Å². The molecule has 0 atom stereocenters. The summed E-state index contributed by atoms with van der Waals surface area (Å²) in [5.41, 5.74) is -1.81. The minimum atomic E-state index is -4.79. The summed E-state index contributed by atoms with van der Waals surface area (Å²) in [7, 11) is -3.99.